The van der Waals surface area contributed by atoms with Crippen LogP contribution in [0.25, 0.3) is 0 Å². The van der Waals surface area contributed by atoms with E-state index >= 15 is 0 Å². The van der Waals surface area contributed by atoms with Gasteiger partial charge in [-0.3, -0.25) is 9.59 Å². The van der Waals surface area contributed by atoms with Crippen molar-refractivity contribution in [3.63, 3.8) is 0 Å². The van der Waals surface area contributed by atoms with Crippen LogP contribution in [0.1, 0.15) is 67.3 Å². The summed E-state index contributed by atoms with van der Waals surface area (Å²) >= 11 is 3.15. The predicted octanol–water partition coefficient (Wildman–Crippen LogP) is 8.67. The van der Waals surface area contributed by atoms with Gasteiger partial charge in [0.25, 0.3) is 10.0 Å². The van der Waals surface area contributed by atoms with Crippen LogP contribution in [0, 0.1) is 0 Å². The number of thiophene rings is 1. The lowest BCUT2D eigenvalue weighted by Crippen LogP contribution is -2.42. The number of amides is 1. The van der Waals surface area contributed by atoms with Gasteiger partial charge in [-0.05, 0) is 49.3 Å². The van der Waals surface area contributed by atoms with E-state index < -0.39 is 62.3 Å². The van der Waals surface area contributed by atoms with Crippen molar-refractivity contribution < 1.29 is 54.3 Å². The number of anilines is 2. The van der Waals surface area contributed by atoms with E-state index in [9.17, 15) is 49.1 Å². The number of nitrogens with one attached hydrogen (secondary N) is 2. The van der Waals surface area contributed by atoms with Crippen molar-refractivity contribution in [2.75, 3.05) is 36.8 Å². The van der Waals surface area contributed by atoms with E-state index in [1.807, 2.05) is 0 Å². The summed E-state index contributed by atoms with van der Waals surface area (Å²) in [5.74, 6) is -1.46. The first kappa shape index (κ1) is 43.7. The Bertz CT molecular complexity index is 2370. The highest BCUT2D eigenvalue weighted by molar-refractivity contribution is 7.91. The van der Waals surface area contributed by atoms with Gasteiger partial charge in [-0.1, -0.05) is 65.1 Å². The minimum Gasteiger partial charge on any atom is -0.465 e. The van der Waals surface area contributed by atoms with Crippen molar-refractivity contribution in [1.82, 2.24) is 19.2 Å². The van der Waals surface area contributed by atoms with Crippen molar-refractivity contribution in [3.05, 3.63) is 110 Å². The number of rotatable bonds is 10. The lowest BCUT2D eigenvalue weighted by atomic mass is 10.0. The number of carbonyl (C=O) groups is 3. The first-order chi connectivity index (χ1) is 27.9. The zero-order valence-corrected chi connectivity index (χ0v) is 33.8. The quantitative estimate of drug-likeness (QED) is 0.0914. The lowest BCUT2D eigenvalue weighted by Gasteiger charge is -2.31. The fourth-order valence-corrected chi connectivity index (χ4v) is 10.7. The van der Waals surface area contributed by atoms with Gasteiger partial charge in [0.15, 0.2) is 10.3 Å². The number of ketones is 2. The maximum atomic E-state index is 13.2. The molecule has 7 rings (SSSR count). The molecule has 22 heteroatoms. The SMILES string of the molecule is O=C(c1cnc(NC2CCN(C(=O)O)CC2)s1)c1ccccc1C(F)(F)F.O=C(c1cnc(NC2CCN(S(=O)(=O)c3cccs3)CC2)s1)c1ccccc1C(F)(F)F. The number of carboxylic acid groups (broad SMARTS) is 1. The summed E-state index contributed by atoms with van der Waals surface area (Å²) in [4.78, 5) is 45.8. The molecule has 1 amide bonds. The molecule has 12 nitrogen and oxygen atoms in total. The number of hydrogen-bond acceptors (Lipinski definition) is 12. The monoisotopic (exact) mass is 900 g/mol. The number of thiazole rings is 2. The molecule has 0 atom stereocenters. The van der Waals surface area contributed by atoms with Gasteiger partial charge < -0.3 is 20.6 Å². The predicted molar refractivity (Wildman–Crippen MR) is 210 cm³/mol. The zero-order valence-electron chi connectivity index (χ0n) is 30.5. The number of sulfonamides is 1. The molecule has 5 aromatic rings. The summed E-state index contributed by atoms with van der Waals surface area (Å²) in [6.07, 6.45) is -5.41. The fourth-order valence-electron chi connectivity index (χ4n) is 6.36. The Morgan fingerprint density at radius 1 is 0.678 bits per heavy atom. The highest BCUT2D eigenvalue weighted by Crippen LogP contribution is 2.36. The molecule has 2 aliphatic rings. The average Bonchev–Trinajstić information content (AvgIpc) is 4.02. The Morgan fingerprint density at radius 2 is 1.12 bits per heavy atom. The Kier molecular flexibility index (Phi) is 13.4. The first-order valence-electron chi connectivity index (χ1n) is 17.8. The number of nitrogens with zero attached hydrogens (tertiary/aromatic N) is 4. The first-order valence-corrected chi connectivity index (χ1v) is 21.7. The second kappa shape index (κ2) is 18.2. The minimum absolute atomic E-state index is 0.00263. The molecule has 2 saturated heterocycles. The second-order valence-electron chi connectivity index (χ2n) is 13.2. The third-order valence-corrected chi connectivity index (χ3v) is 14.5. The summed E-state index contributed by atoms with van der Waals surface area (Å²) < 4.78 is 106. The molecule has 0 bridgehead atoms. The second-order valence-corrected chi connectivity index (χ2v) is 18.4. The van der Waals surface area contributed by atoms with Gasteiger partial charge in [0.2, 0.25) is 11.6 Å². The number of hydrogen-bond donors (Lipinski definition) is 3. The van der Waals surface area contributed by atoms with Gasteiger partial charge in [-0.15, -0.1) is 11.3 Å². The van der Waals surface area contributed by atoms with E-state index in [1.165, 1.54) is 57.2 Å². The molecule has 0 aliphatic carbocycles. The van der Waals surface area contributed by atoms with Gasteiger partial charge >= 0.3 is 18.4 Å². The van der Waals surface area contributed by atoms with E-state index in [1.54, 1.807) is 17.5 Å². The number of alkyl halides is 6. The minimum atomic E-state index is -4.63. The summed E-state index contributed by atoms with van der Waals surface area (Å²) in [5, 5.41) is 17.8. The van der Waals surface area contributed by atoms with Crippen LogP contribution in [-0.4, -0.2) is 88.6 Å². The van der Waals surface area contributed by atoms with Crippen LogP contribution < -0.4 is 10.6 Å². The van der Waals surface area contributed by atoms with Crippen LogP contribution in [0.4, 0.5) is 41.4 Å². The van der Waals surface area contributed by atoms with Crippen molar-refractivity contribution in [3.8, 4) is 0 Å². The number of carbonyl (C=O) groups excluding carboxylic acids is 2. The Morgan fingerprint density at radius 3 is 1.53 bits per heavy atom. The standard InChI is InChI=1S/C20H18F3N3O3S3.C17H16F3N3O3S/c21-20(22,23)15-5-2-1-4-14(15)18(27)16-12-24-19(31-16)25-13-7-9-26(10-8-13)32(28,29)17-6-3-11-30-17;18-17(19,20)12-4-2-1-3-11(12)14(24)13-9-21-15(27-13)22-10-5-7-23(8-6-10)16(25)26/h1-6,11-13H,7-10H2,(H,24,25);1-4,9-10H,5-8H2,(H,21,22)(H,25,26). The molecule has 3 N–H and O–H groups in total. The Hall–Kier alpha value is -4.90. The Balaban J connectivity index is 0.000000201. The molecule has 3 aromatic heterocycles. The largest absolute Gasteiger partial charge is 0.465 e. The fraction of sp³-hybridized carbons (Fsp3) is 0.324. The number of benzene rings is 2. The topological polar surface area (TPSA) is 162 Å². The third kappa shape index (κ3) is 10.7. The Labute approximate surface area is 345 Å². The van der Waals surface area contributed by atoms with Crippen molar-refractivity contribution in [2.45, 2.75) is 54.3 Å². The molecule has 0 spiro atoms. The summed E-state index contributed by atoms with van der Waals surface area (Å²) in [5.41, 5.74) is -2.77. The van der Waals surface area contributed by atoms with Crippen LogP contribution in [-0.2, 0) is 22.4 Å². The van der Waals surface area contributed by atoms with Gasteiger partial charge in [0.05, 0.1) is 33.3 Å². The van der Waals surface area contributed by atoms with Gasteiger partial charge in [0, 0.05) is 49.4 Å². The zero-order chi connectivity index (χ0) is 42.5. The normalized spacial score (nSPS) is 15.9. The maximum absolute atomic E-state index is 13.2. The number of piperidine rings is 2. The highest BCUT2D eigenvalue weighted by Gasteiger charge is 2.37. The molecule has 0 saturated carbocycles. The molecule has 2 aromatic carbocycles. The summed E-state index contributed by atoms with van der Waals surface area (Å²) in [7, 11) is -3.49. The molecular weight excluding hydrogens is 867 g/mol. The van der Waals surface area contributed by atoms with Crippen LogP contribution in [0.5, 0.6) is 0 Å². The number of likely N-dealkylation sites (tertiary alicyclic amines) is 1. The van der Waals surface area contributed by atoms with Crippen LogP contribution in [0.2, 0.25) is 0 Å². The maximum Gasteiger partial charge on any atom is 0.417 e. The van der Waals surface area contributed by atoms with E-state index in [0.717, 1.165) is 46.9 Å². The van der Waals surface area contributed by atoms with Gasteiger partial charge in [-0.2, -0.15) is 30.6 Å². The molecule has 2 fully saturated rings. The molecule has 0 unspecified atom stereocenters. The molecule has 314 valence electrons. The van der Waals surface area contributed by atoms with Crippen molar-refractivity contribution in [1.29, 1.82) is 0 Å². The highest BCUT2D eigenvalue weighted by atomic mass is 32.2. The summed E-state index contributed by atoms with van der Waals surface area (Å²) in [6.45, 7) is 1.47. The van der Waals surface area contributed by atoms with Crippen LogP contribution in [0.3, 0.4) is 0 Å². The number of aromatic nitrogens is 2. The lowest BCUT2D eigenvalue weighted by molar-refractivity contribution is -0.138. The molecule has 5 heterocycles. The van der Waals surface area contributed by atoms with E-state index in [2.05, 4.69) is 20.6 Å². The molecule has 0 radical (unpaired) electrons. The van der Waals surface area contributed by atoms with E-state index in [4.69, 9.17) is 5.11 Å². The van der Waals surface area contributed by atoms with Gasteiger partial charge in [-0.25, -0.2) is 23.2 Å². The van der Waals surface area contributed by atoms with Crippen molar-refractivity contribution in [2.24, 2.45) is 0 Å². The van der Waals surface area contributed by atoms with Gasteiger partial charge in [0.1, 0.15) is 4.21 Å². The molecular formula is C37H34F6N6O6S4. The van der Waals surface area contributed by atoms with Crippen LogP contribution in [0.15, 0.2) is 82.6 Å². The summed E-state index contributed by atoms with van der Waals surface area (Å²) in [6, 6.07) is 12.5. The molecule has 2 aliphatic heterocycles. The number of halogens is 6. The van der Waals surface area contributed by atoms with E-state index in [-0.39, 0.29) is 21.8 Å². The molecule has 59 heavy (non-hydrogen) atoms. The third-order valence-electron chi connectivity index (χ3n) is 9.38. The van der Waals surface area contributed by atoms with Crippen molar-refractivity contribution >= 4 is 72.0 Å². The van der Waals surface area contributed by atoms with E-state index in [0.29, 0.717) is 66.3 Å². The smallest absolute Gasteiger partial charge is 0.417 e. The average molecular weight is 901 g/mol. The van der Waals surface area contributed by atoms with Crippen LogP contribution >= 0.6 is 34.0 Å².